The van der Waals surface area contributed by atoms with Crippen molar-refractivity contribution in [3.63, 3.8) is 0 Å². The molecule has 0 spiro atoms. The van der Waals surface area contributed by atoms with Gasteiger partial charge in [0.2, 0.25) is 11.6 Å². The monoisotopic (exact) mass is 249 g/mol. The van der Waals surface area contributed by atoms with Crippen LogP contribution in [-0.2, 0) is 0 Å². The van der Waals surface area contributed by atoms with Crippen molar-refractivity contribution in [2.24, 2.45) is 0 Å². The molecule has 0 aliphatic rings. The van der Waals surface area contributed by atoms with E-state index >= 15 is 0 Å². The van der Waals surface area contributed by atoms with E-state index in [1.807, 2.05) is 0 Å². The van der Waals surface area contributed by atoms with Gasteiger partial charge in [0, 0.05) is 6.07 Å². The first-order valence-corrected chi connectivity index (χ1v) is 4.90. The minimum Gasteiger partial charge on any atom is -0.432 e. The average Bonchev–Trinajstić information content (AvgIpc) is 2.31. The van der Waals surface area contributed by atoms with Crippen LogP contribution in [-0.4, -0.2) is 9.91 Å². The van der Waals surface area contributed by atoms with Gasteiger partial charge in [0.15, 0.2) is 0 Å². The van der Waals surface area contributed by atoms with Gasteiger partial charge in [-0.3, -0.25) is 10.1 Å². The second-order valence-electron chi connectivity index (χ2n) is 3.37. The third kappa shape index (κ3) is 2.51. The molecule has 1 aromatic carbocycles. The van der Waals surface area contributed by atoms with Crippen molar-refractivity contribution in [2.45, 2.75) is 0 Å². The lowest BCUT2D eigenvalue weighted by Crippen LogP contribution is -1.97. The van der Waals surface area contributed by atoms with E-state index in [2.05, 4.69) is 4.98 Å². The van der Waals surface area contributed by atoms with Crippen LogP contribution < -0.4 is 10.5 Å². The summed E-state index contributed by atoms with van der Waals surface area (Å²) >= 11 is 0. The Morgan fingerprint density at radius 2 is 2.11 bits per heavy atom. The highest BCUT2D eigenvalue weighted by Gasteiger charge is 2.17. The summed E-state index contributed by atoms with van der Waals surface area (Å²) in [6.07, 6.45) is 0. The van der Waals surface area contributed by atoms with Crippen LogP contribution in [0.4, 0.5) is 15.9 Å². The van der Waals surface area contributed by atoms with E-state index < -0.39 is 16.4 Å². The van der Waals surface area contributed by atoms with Crippen molar-refractivity contribution < 1.29 is 14.1 Å². The molecule has 0 amide bonds. The molecule has 2 rings (SSSR count). The van der Waals surface area contributed by atoms with Crippen molar-refractivity contribution >= 4 is 11.5 Å². The number of aromatic nitrogens is 1. The summed E-state index contributed by atoms with van der Waals surface area (Å²) in [5.41, 5.74) is 4.98. The van der Waals surface area contributed by atoms with Gasteiger partial charge in [-0.2, -0.15) is 4.98 Å². The zero-order chi connectivity index (χ0) is 13.1. The molecule has 0 bridgehead atoms. The molecule has 0 atom stereocenters. The van der Waals surface area contributed by atoms with Gasteiger partial charge in [0.05, 0.1) is 11.0 Å². The molecule has 18 heavy (non-hydrogen) atoms. The molecular weight excluding hydrogens is 241 g/mol. The number of hydrogen-bond donors (Lipinski definition) is 1. The Morgan fingerprint density at radius 3 is 2.78 bits per heavy atom. The number of pyridine rings is 1. The van der Waals surface area contributed by atoms with Gasteiger partial charge < -0.3 is 10.5 Å². The third-order valence-corrected chi connectivity index (χ3v) is 2.08. The fourth-order valence-corrected chi connectivity index (χ4v) is 1.32. The van der Waals surface area contributed by atoms with E-state index in [-0.39, 0.29) is 17.4 Å². The average molecular weight is 249 g/mol. The predicted molar refractivity (Wildman–Crippen MR) is 61.8 cm³/mol. The number of nitrogens with zero attached hydrogens (tertiary/aromatic N) is 2. The van der Waals surface area contributed by atoms with Gasteiger partial charge in [-0.1, -0.05) is 6.07 Å². The van der Waals surface area contributed by atoms with Crippen LogP contribution in [0.3, 0.4) is 0 Å². The van der Waals surface area contributed by atoms with E-state index in [1.54, 1.807) is 12.1 Å². The molecule has 1 heterocycles. The summed E-state index contributed by atoms with van der Waals surface area (Å²) in [5, 5.41) is 10.7. The molecular formula is C11H8FN3O3. The van der Waals surface area contributed by atoms with Crippen LogP contribution in [0.15, 0.2) is 36.4 Å². The van der Waals surface area contributed by atoms with Crippen LogP contribution in [0.25, 0.3) is 0 Å². The highest BCUT2D eigenvalue weighted by Crippen LogP contribution is 2.31. The summed E-state index contributed by atoms with van der Waals surface area (Å²) in [6, 6.07) is 7.64. The minimum absolute atomic E-state index is 0.0977. The summed E-state index contributed by atoms with van der Waals surface area (Å²) in [5.74, 6) is -0.490. The number of benzene rings is 1. The topological polar surface area (TPSA) is 91.3 Å². The lowest BCUT2D eigenvalue weighted by molar-refractivity contribution is -0.385. The van der Waals surface area contributed by atoms with E-state index in [4.69, 9.17) is 10.5 Å². The normalized spacial score (nSPS) is 10.1. The molecule has 0 unspecified atom stereocenters. The van der Waals surface area contributed by atoms with E-state index in [1.165, 1.54) is 12.1 Å². The minimum atomic E-state index is -0.731. The van der Waals surface area contributed by atoms with Crippen LogP contribution >= 0.6 is 0 Å². The maximum Gasteiger partial charge on any atom is 0.314 e. The van der Waals surface area contributed by atoms with Gasteiger partial charge in [-0.25, -0.2) is 4.39 Å². The first-order chi connectivity index (χ1) is 8.56. The van der Waals surface area contributed by atoms with Crippen LogP contribution in [0, 0.1) is 15.9 Å². The van der Waals surface area contributed by atoms with Gasteiger partial charge in [-0.15, -0.1) is 0 Å². The second-order valence-corrected chi connectivity index (χ2v) is 3.37. The number of ether oxygens (including phenoxy) is 1. The Balaban J connectivity index is 2.37. The number of hydrogen-bond acceptors (Lipinski definition) is 5. The zero-order valence-corrected chi connectivity index (χ0v) is 9.04. The van der Waals surface area contributed by atoms with Gasteiger partial charge in [-0.05, 0) is 18.2 Å². The van der Waals surface area contributed by atoms with E-state index in [9.17, 15) is 14.5 Å². The molecule has 0 saturated carbocycles. The smallest absolute Gasteiger partial charge is 0.314 e. The predicted octanol–water partition coefficient (Wildman–Crippen LogP) is 2.50. The highest BCUT2D eigenvalue weighted by molar-refractivity contribution is 5.48. The molecule has 92 valence electrons. The molecule has 0 saturated heterocycles. The molecule has 2 N–H and O–H groups in total. The molecule has 0 radical (unpaired) electrons. The number of anilines is 1. The second kappa shape index (κ2) is 4.66. The lowest BCUT2D eigenvalue weighted by atomic mass is 10.3. The molecule has 0 fully saturated rings. The Morgan fingerprint density at radius 1 is 1.33 bits per heavy atom. The molecule has 6 nitrogen and oxygen atoms in total. The largest absolute Gasteiger partial charge is 0.432 e. The molecule has 0 aliphatic heterocycles. The fraction of sp³-hybridized carbons (Fsp3) is 0. The maximum absolute atomic E-state index is 12.9. The Labute approximate surface area is 101 Å². The number of rotatable bonds is 3. The Bertz CT molecular complexity index is 604. The first-order valence-electron chi connectivity index (χ1n) is 4.90. The first kappa shape index (κ1) is 11.8. The SMILES string of the molecule is Nc1cccc(Oc2ccc(F)cc2[N+](=O)[O-])n1. The van der Waals surface area contributed by atoms with Gasteiger partial charge >= 0.3 is 5.69 Å². The van der Waals surface area contributed by atoms with Gasteiger partial charge in [0.1, 0.15) is 11.6 Å². The lowest BCUT2D eigenvalue weighted by Gasteiger charge is -2.05. The molecule has 2 aromatic rings. The van der Waals surface area contributed by atoms with E-state index in [0.717, 1.165) is 12.1 Å². The molecule has 1 aromatic heterocycles. The van der Waals surface area contributed by atoms with Crippen LogP contribution in [0.2, 0.25) is 0 Å². The van der Waals surface area contributed by atoms with E-state index in [0.29, 0.717) is 0 Å². The van der Waals surface area contributed by atoms with Crippen molar-refractivity contribution in [3.8, 4) is 11.6 Å². The number of nitrogen functional groups attached to an aromatic ring is 1. The standard InChI is InChI=1S/C11H8FN3O3/c12-7-4-5-9(8(6-7)15(16)17)18-11-3-1-2-10(13)14-11/h1-6H,(H2,13,14). The van der Waals surface area contributed by atoms with Crippen molar-refractivity contribution in [2.75, 3.05) is 5.73 Å². The Hall–Kier alpha value is -2.70. The number of nitrogens with two attached hydrogens (primary N) is 1. The number of nitro groups is 1. The maximum atomic E-state index is 12.9. The Kier molecular flexibility index (Phi) is 3.05. The van der Waals surface area contributed by atoms with Crippen molar-refractivity contribution in [1.82, 2.24) is 4.98 Å². The number of nitro benzene ring substituents is 1. The fourth-order valence-electron chi connectivity index (χ4n) is 1.32. The van der Waals surface area contributed by atoms with Crippen molar-refractivity contribution in [1.29, 1.82) is 0 Å². The quantitative estimate of drug-likeness (QED) is 0.666. The highest BCUT2D eigenvalue weighted by atomic mass is 19.1. The zero-order valence-electron chi connectivity index (χ0n) is 9.04. The number of halogens is 1. The molecule has 7 heteroatoms. The summed E-state index contributed by atoms with van der Waals surface area (Å²) < 4.78 is 18.1. The summed E-state index contributed by atoms with van der Waals surface area (Å²) in [7, 11) is 0. The van der Waals surface area contributed by atoms with Crippen molar-refractivity contribution in [3.05, 3.63) is 52.3 Å². The summed E-state index contributed by atoms with van der Waals surface area (Å²) in [6.45, 7) is 0. The summed E-state index contributed by atoms with van der Waals surface area (Å²) in [4.78, 5) is 13.8. The third-order valence-electron chi connectivity index (χ3n) is 2.08. The van der Waals surface area contributed by atoms with Crippen LogP contribution in [0.5, 0.6) is 11.6 Å². The molecule has 0 aliphatic carbocycles. The van der Waals surface area contributed by atoms with Crippen LogP contribution in [0.1, 0.15) is 0 Å². The van der Waals surface area contributed by atoms with Gasteiger partial charge in [0.25, 0.3) is 0 Å².